The molecule has 0 spiro atoms. The molecule has 0 bridgehead atoms. The van der Waals surface area contributed by atoms with Crippen LogP contribution in [0.2, 0.25) is 0 Å². The maximum Gasteiger partial charge on any atom is 0.326 e. The minimum Gasteiger partial charge on any atom is -0.481 e. The molecule has 0 aromatic heterocycles. The van der Waals surface area contributed by atoms with Crippen LogP contribution in [0.3, 0.4) is 0 Å². The van der Waals surface area contributed by atoms with Crippen molar-refractivity contribution < 1.29 is 44.1 Å². The minimum atomic E-state index is -1.13. The van der Waals surface area contributed by atoms with Gasteiger partial charge in [-0.25, -0.2) is 4.79 Å². The normalized spacial score (nSPS) is 12.7. The van der Waals surface area contributed by atoms with E-state index in [-0.39, 0.29) is 37.0 Å². The van der Waals surface area contributed by atoms with Crippen LogP contribution in [-0.4, -0.2) is 90.1 Å². The molecule has 0 heterocycles. The number of hydrogen-bond donors (Lipinski definition) is 8. The van der Waals surface area contributed by atoms with Crippen LogP contribution in [0.1, 0.15) is 199 Å². The summed E-state index contributed by atoms with van der Waals surface area (Å²) in [5.41, 5.74) is 6.01. The SMILES string of the molecule is BNC(CCCCNC(=O)C(N)CCCCCCCCCNC(=O)CCC(NC(=O)CCCCCCCCCCCCCCCCCCC(=O)O)C(=O)O)C(=O)O. The first-order chi connectivity index (χ1) is 27.5. The Kier molecular flexibility index (Phi) is 36.2. The molecule has 330 valence electrons. The van der Waals surface area contributed by atoms with Gasteiger partial charge in [0.1, 0.15) is 6.04 Å². The van der Waals surface area contributed by atoms with E-state index < -0.39 is 36.0 Å². The van der Waals surface area contributed by atoms with Crippen molar-refractivity contribution in [2.45, 2.75) is 217 Å². The first kappa shape index (κ1) is 53.8. The van der Waals surface area contributed by atoms with E-state index in [9.17, 15) is 33.9 Å². The Labute approximate surface area is 344 Å². The van der Waals surface area contributed by atoms with Crippen LogP contribution in [0.25, 0.3) is 0 Å². The lowest BCUT2D eigenvalue weighted by atomic mass is 10.0. The number of carboxylic acids is 3. The summed E-state index contributed by atoms with van der Waals surface area (Å²) in [5.74, 6) is -3.36. The fraction of sp³-hybridized carbons (Fsp3) is 0.857. The smallest absolute Gasteiger partial charge is 0.326 e. The maximum absolute atomic E-state index is 12.4. The van der Waals surface area contributed by atoms with Gasteiger partial charge in [0.2, 0.25) is 17.7 Å². The third-order valence-electron chi connectivity index (χ3n) is 10.6. The highest BCUT2D eigenvalue weighted by Crippen LogP contribution is 2.15. The fourth-order valence-corrected chi connectivity index (χ4v) is 6.86. The molecule has 57 heavy (non-hydrogen) atoms. The Morgan fingerprint density at radius 2 is 0.842 bits per heavy atom. The molecule has 15 heteroatoms. The Balaban J connectivity index is 3.70. The molecule has 3 unspecified atom stereocenters. The molecule has 14 nitrogen and oxygen atoms in total. The number of amides is 3. The first-order valence-corrected chi connectivity index (χ1v) is 22.4. The molecule has 0 rings (SSSR count). The van der Waals surface area contributed by atoms with Gasteiger partial charge in [-0.05, 0) is 51.4 Å². The van der Waals surface area contributed by atoms with E-state index in [1.165, 1.54) is 57.8 Å². The molecule has 0 aromatic rings. The molecule has 0 aromatic carbocycles. The first-order valence-electron chi connectivity index (χ1n) is 22.4. The van der Waals surface area contributed by atoms with E-state index in [2.05, 4.69) is 21.2 Å². The van der Waals surface area contributed by atoms with Gasteiger partial charge in [0.05, 0.1) is 12.1 Å². The van der Waals surface area contributed by atoms with E-state index >= 15 is 0 Å². The lowest BCUT2D eigenvalue weighted by Gasteiger charge is -2.14. The lowest BCUT2D eigenvalue weighted by Crippen LogP contribution is -2.41. The number of nitrogens with two attached hydrogens (primary N) is 1. The van der Waals surface area contributed by atoms with E-state index in [4.69, 9.17) is 15.9 Å². The zero-order valence-electron chi connectivity index (χ0n) is 35.4. The second kappa shape index (κ2) is 38.3. The summed E-state index contributed by atoms with van der Waals surface area (Å²) < 4.78 is 0. The molecular weight excluding hydrogens is 729 g/mol. The molecule has 0 fully saturated rings. The van der Waals surface area contributed by atoms with Gasteiger partial charge in [0, 0.05) is 32.4 Å². The van der Waals surface area contributed by atoms with Gasteiger partial charge in [-0.3, -0.25) is 24.0 Å². The molecule has 3 amide bonds. The van der Waals surface area contributed by atoms with E-state index in [0.29, 0.717) is 45.2 Å². The molecule has 0 saturated heterocycles. The number of hydrogen-bond acceptors (Lipinski definition) is 8. The third-order valence-corrected chi connectivity index (χ3v) is 10.6. The van der Waals surface area contributed by atoms with Crippen LogP contribution in [0, 0.1) is 0 Å². The summed E-state index contributed by atoms with van der Waals surface area (Å²) in [6.07, 6.45) is 28.1. The van der Waals surface area contributed by atoms with Gasteiger partial charge < -0.3 is 42.2 Å². The van der Waals surface area contributed by atoms with Crippen molar-refractivity contribution >= 4 is 43.6 Å². The van der Waals surface area contributed by atoms with Crippen molar-refractivity contribution in [2.75, 3.05) is 13.1 Å². The highest BCUT2D eigenvalue weighted by molar-refractivity contribution is 6.06. The van der Waals surface area contributed by atoms with Crippen molar-refractivity contribution in [1.29, 1.82) is 0 Å². The third kappa shape index (κ3) is 35.7. The van der Waals surface area contributed by atoms with Crippen molar-refractivity contribution in [2.24, 2.45) is 5.73 Å². The molecule has 0 aliphatic carbocycles. The molecule has 9 N–H and O–H groups in total. The highest BCUT2D eigenvalue weighted by Gasteiger charge is 2.21. The van der Waals surface area contributed by atoms with Gasteiger partial charge in [-0.1, -0.05) is 128 Å². The van der Waals surface area contributed by atoms with Crippen LogP contribution in [0.4, 0.5) is 0 Å². The minimum absolute atomic E-state index is 0.0405. The second-order valence-electron chi connectivity index (χ2n) is 15.7. The van der Waals surface area contributed by atoms with Crippen LogP contribution < -0.4 is 26.9 Å². The standard InChI is InChI=1S/C42H80BN5O9/c43-48-36(42(56)57)27-23-25-33-46-40(53)34(44)26-20-16-12-11-15-19-24-32-45-37(49)31-30-35(41(54)55)47-38(50)28-21-17-13-9-7-5-3-1-2-4-6-8-10-14-18-22-29-39(51)52/h34-36,48H,1-33,43-44H2,(H,45,49)(H,46,53)(H,47,50)(H,51,52)(H,54,55)(H,56,57). The summed E-state index contributed by atoms with van der Waals surface area (Å²) in [4.78, 5) is 70.0. The van der Waals surface area contributed by atoms with Crippen LogP contribution in [0.15, 0.2) is 0 Å². The predicted molar refractivity (Wildman–Crippen MR) is 227 cm³/mol. The summed E-state index contributed by atoms with van der Waals surface area (Å²) in [6, 6.07) is -2.18. The lowest BCUT2D eigenvalue weighted by molar-refractivity contribution is -0.142. The van der Waals surface area contributed by atoms with Crippen LogP contribution >= 0.6 is 0 Å². The average Bonchev–Trinajstić information content (AvgIpc) is 3.17. The molecular formula is C42H80BN5O9. The summed E-state index contributed by atoms with van der Waals surface area (Å²) in [6.45, 7) is 1.02. The fourth-order valence-electron chi connectivity index (χ4n) is 6.86. The zero-order valence-corrected chi connectivity index (χ0v) is 35.4. The monoisotopic (exact) mass is 810 g/mol. The van der Waals surface area contributed by atoms with Crippen molar-refractivity contribution in [3.63, 3.8) is 0 Å². The number of carbonyl (C=O) groups is 6. The highest BCUT2D eigenvalue weighted by atomic mass is 16.4. The van der Waals surface area contributed by atoms with E-state index in [1.807, 2.05) is 0 Å². The quantitative estimate of drug-likeness (QED) is 0.0268. The van der Waals surface area contributed by atoms with Gasteiger partial charge in [0.15, 0.2) is 7.98 Å². The van der Waals surface area contributed by atoms with Crippen molar-refractivity contribution in [1.82, 2.24) is 21.2 Å². The number of carbonyl (C=O) groups excluding carboxylic acids is 3. The Morgan fingerprint density at radius 1 is 0.439 bits per heavy atom. The Bertz CT molecular complexity index is 1080. The molecule has 0 aliphatic rings. The number of aliphatic carboxylic acids is 3. The van der Waals surface area contributed by atoms with E-state index in [0.717, 1.165) is 89.9 Å². The van der Waals surface area contributed by atoms with E-state index in [1.54, 1.807) is 7.98 Å². The number of rotatable bonds is 42. The predicted octanol–water partition coefficient (Wildman–Crippen LogP) is 5.88. The molecule has 0 radical (unpaired) electrons. The largest absolute Gasteiger partial charge is 0.481 e. The maximum atomic E-state index is 12.4. The Hall–Kier alpha value is -3.20. The van der Waals surface area contributed by atoms with Crippen LogP contribution in [-0.2, 0) is 28.8 Å². The summed E-state index contributed by atoms with van der Waals surface area (Å²) in [7, 11) is 1.62. The number of unbranched alkanes of at least 4 members (excludes halogenated alkanes) is 22. The van der Waals surface area contributed by atoms with Gasteiger partial charge in [0.25, 0.3) is 0 Å². The van der Waals surface area contributed by atoms with Crippen LogP contribution in [0.5, 0.6) is 0 Å². The zero-order chi connectivity index (χ0) is 42.4. The van der Waals surface area contributed by atoms with Crippen molar-refractivity contribution in [3.8, 4) is 0 Å². The number of nitrogens with one attached hydrogen (secondary N) is 4. The summed E-state index contributed by atoms with van der Waals surface area (Å²) in [5, 5.41) is 38.3. The molecule has 3 atom stereocenters. The van der Waals surface area contributed by atoms with Gasteiger partial charge in [-0.2, -0.15) is 0 Å². The van der Waals surface area contributed by atoms with Gasteiger partial charge >= 0.3 is 17.9 Å². The van der Waals surface area contributed by atoms with Crippen molar-refractivity contribution in [3.05, 3.63) is 0 Å². The average molecular weight is 810 g/mol. The second-order valence-corrected chi connectivity index (χ2v) is 15.7. The topological polar surface area (TPSA) is 237 Å². The Morgan fingerprint density at radius 3 is 1.32 bits per heavy atom. The molecule has 0 saturated carbocycles. The summed E-state index contributed by atoms with van der Waals surface area (Å²) >= 11 is 0. The number of carboxylic acid groups (broad SMARTS) is 3. The van der Waals surface area contributed by atoms with Gasteiger partial charge in [-0.15, -0.1) is 0 Å². The molecule has 0 aliphatic heterocycles.